The zero-order valence-corrected chi connectivity index (χ0v) is 20.5. The molecule has 0 saturated carbocycles. The predicted molar refractivity (Wildman–Crippen MR) is 141 cm³/mol. The van der Waals surface area contributed by atoms with Gasteiger partial charge in [-0.2, -0.15) is 10.1 Å². The van der Waals surface area contributed by atoms with Crippen LogP contribution in [0.25, 0.3) is 10.2 Å². The lowest BCUT2D eigenvalue weighted by Crippen LogP contribution is -2.25. The Bertz CT molecular complexity index is 1500. The van der Waals surface area contributed by atoms with E-state index in [4.69, 9.17) is 4.74 Å². The maximum absolute atomic E-state index is 13.5. The van der Waals surface area contributed by atoms with Gasteiger partial charge in [0.15, 0.2) is 0 Å². The third-order valence-electron chi connectivity index (χ3n) is 4.99. The Morgan fingerprint density at radius 3 is 2.40 bits per heavy atom. The smallest absolute Gasteiger partial charge is 0.280 e. The molecule has 0 atom stereocenters. The third-order valence-corrected chi connectivity index (χ3v) is 6.47. The topological polar surface area (TPSA) is 54.8 Å². The van der Waals surface area contributed by atoms with E-state index in [0.29, 0.717) is 27.8 Å². The maximum Gasteiger partial charge on any atom is 0.280 e. The van der Waals surface area contributed by atoms with Gasteiger partial charge in [-0.1, -0.05) is 57.6 Å². The Morgan fingerprint density at radius 1 is 0.943 bits per heavy atom. The molecule has 0 N–H and O–H groups in total. The van der Waals surface area contributed by atoms with Crippen LogP contribution < -0.4 is 9.75 Å². The number of para-hydroxylation sites is 1. The van der Waals surface area contributed by atoms with E-state index < -0.39 is 0 Å². The van der Waals surface area contributed by atoms with E-state index in [-0.39, 0.29) is 11.7 Å². The Kier molecular flexibility index (Phi) is 6.65. The summed E-state index contributed by atoms with van der Waals surface area (Å²) in [6, 6.07) is 27.8. The van der Waals surface area contributed by atoms with Gasteiger partial charge in [0.2, 0.25) is 5.13 Å². The molecule has 1 aromatic heterocycles. The van der Waals surface area contributed by atoms with Gasteiger partial charge in [-0.15, -0.1) is 0 Å². The minimum absolute atomic E-state index is 0.343. The fourth-order valence-electron chi connectivity index (χ4n) is 3.25. The van der Waals surface area contributed by atoms with Crippen molar-refractivity contribution in [1.82, 2.24) is 4.98 Å². The molecule has 5 rings (SSSR count). The molecule has 0 spiro atoms. The maximum atomic E-state index is 13.5. The van der Waals surface area contributed by atoms with E-state index in [0.717, 1.165) is 14.7 Å². The van der Waals surface area contributed by atoms with Gasteiger partial charge >= 0.3 is 0 Å². The summed E-state index contributed by atoms with van der Waals surface area (Å²) in [5.74, 6) is 0.620. The van der Waals surface area contributed by atoms with Gasteiger partial charge in [0, 0.05) is 10.0 Å². The van der Waals surface area contributed by atoms with Crippen molar-refractivity contribution in [2.45, 2.75) is 0 Å². The highest BCUT2D eigenvalue weighted by Gasteiger charge is 2.21. The number of hydrazone groups is 1. The van der Waals surface area contributed by atoms with Crippen molar-refractivity contribution in [3.63, 3.8) is 0 Å². The number of aromatic nitrogens is 1. The normalized spacial score (nSPS) is 11.1. The summed E-state index contributed by atoms with van der Waals surface area (Å²) >= 11 is 4.82. The molecular weight excluding hydrogens is 529 g/mol. The van der Waals surface area contributed by atoms with Crippen LogP contribution in [0.5, 0.6) is 11.5 Å². The first-order valence-electron chi connectivity index (χ1n) is 10.6. The number of fused-ring (bicyclic) bond motifs is 1. The van der Waals surface area contributed by atoms with Gasteiger partial charge in [0.05, 0.1) is 16.4 Å². The Labute approximate surface area is 213 Å². The minimum Gasteiger partial charge on any atom is -0.457 e. The number of hydrogen-bond acceptors (Lipinski definition) is 5. The molecule has 0 aliphatic rings. The van der Waals surface area contributed by atoms with E-state index >= 15 is 0 Å². The molecule has 35 heavy (non-hydrogen) atoms. The number of anilines is 1. The second kappa shape index (κ2) is 10.2. The number of halogens is 2. The number of rotatable bonds is 6. The highest BCUT2D eigenvalue weighted by atomic mass is 79.9. The number of hydrogen-bond donors (Lipinski definition) is 0. The van der Waals surface area contributed by atoms with Crippen LogP contribution in [0, 0.1) is 5.82 Å². The summed E-state index contributed by atoms with van der Waals surface area (Å²) in [6.45, 7) is 0. The number of carbonyl (C=O) groups excluding carboxylic acids is 1. The molecule has 1 amide bonds. The molecule has 5 nitrogen and oxygen atoms in total. The van der Waals surface area contributed by atoms with Crippen molar-refractivity contribution in [2.24, 2.45) is 5.10 Å². The number of carbonyl (C=O) groups is 1. The van der Waals surface area contributed by atoms with Gasteiger partial charge in [-0.05, 0) is 72.3 Å². The first kappa shape index (κ1) is 22.9. The molecule has 1 heterocycles. The summed E-state index contributed by atoms with van der Waals surface area (Å²) in [5.41, 5.74) is 1.83. The average molecular weight is 546 g/mol. The second-order valence-corrected chi connectivity index (χ2v) is 9.39. The zero-order chi connectivity index (χ0) is 24.2. The summed E-state index contributed by atoms with van der Waals surface area (Å²) in [5, 5.41) is 6.10. The van der Waals surface area contributed by atoms with Crippen LogP contribution in [0.4, 0.5) is 9.52 Å². The molecule has 172 valence electrons. The number of nitrogens with zero attached hydrogens (tertiary/aromatic N) is 3. The highest BCUT2D eigenvalue weighted by molar-refractivity contribution is 9.10. The van der Waals surface area contributed by atoms with Crippen molar-refractivity contribution in [3.05, 3.63) is 118 Å². The molecule has 0 saturated heterocycles. The van der Waals surface area contributed by atoms with Crippen LogP contribution >= 0.6 is 27.3 Å². The first-order chi connectivity index (χ1) is 17.0. The molecule has 0 fully saturated rings. The van der Waals surface area contributed by atoms with E-state index in [1.54, 1.807) is 36.4 Å². The number of thiazole rings is 1. The molecular formula is C27H17BrFN3O2S. The minimum atomic E-state index is -0.354. The molecule has 5 aromatic rings. The second-order valence-electron chi connectivity index (χ2n) is 7.46. The van der Waals surface area contributed by atoms with Crippen molar-refractivity contribution in [2.75, 3.05) is 5.01 Å². The molecule has 4 aromatic carbocycles. The van der Waals surface area contributed by atoms with Crippen LogP contribution in [0.15, 0.2) is 107 Å². The summed E-state index contributed by atoms with van der Waals surface area (Å²) in [4.78, 5) is 18.1. The average Bonchev–Trinajstić information content (AvgIpc) is 3.29. The van der Waals surface area contributed by atoms with E-state index in [9.17, 15) is 9.18 Å². The van der Waals surface area contributed by atoms with Crippen molar-refractivity contribution in [1.29, 1.82) is 0 Å². The first-order valence-corrected chi connectivity index (χ1v) is 12.2. The predicted octanol–water partition coefficient (Wildman–Crippen LogP) is 7.67. The van der Waals surface area contributed by atoms with E-state index in [2.05, 4.69) is 26.0 Å². The van der Waals surface area contributed by atoms with Crippen LogP contribution in [0.2, 0.25) is 0 Å². The molecule has 0 aliphatic heterocycles. The largest absolute Gasteiger partial charge is 0.457 e. The van der Waals surface area contributed by atoms with E-state index in [1.807, 2.05) is 48.5 Å². The Balaban J connectivity index is 1.46. The third kappa shape index (κ3) is 5.45. The van der Waals surface area contributed by atoms with E-state index in [1.165, 1.54) is 34.7 Å². The summed E-state index contributed by atoms with van der Waals surface area (Å²) in [7, 11) is 0. The Morgan fingerprint density at radius 2 is 1.66 bits per heavy atom. The van der Waals surface area contributed by atoms with Crippen molar-refractivity contribution < 1.29 is 13.9 Å². The fourth-order valence-corrected chi connectivity index (χ4v) is 4.73. The van der Waals surface area contributed by atoms with Gasteiger partial charge in [-0.3, -0.25) is 4.79 Å². The molecule has 0 aliphatic carbocycles. The number of amides is 1. The fraction of sp³-hybridized carbons (Fsp3) is 0. The van der Waals surface area contributed by atoms with Crippen molar-refractivity contribution >= 4 is 54.7 Å². The zero-order valence-electron chi connectivity index (χ0n) is 18.1. The lowest BCUT2D eigenvalue weighted by Gasteiger charge is -2.14. The number of benzene rings is 4. The Hall–Kier alpha value is -3.88. The van der Waals surface area contributed by atoms with Crippen molar-refractivity contribution in [3.8, 4) is 11.5 Å². The molecule has 8 heteroatoms. The van der Waals surface area contributed by atoms with Crippen LogP contribution in [-0.4, -0.2) is 17.1 Å². The summed E-state index contributed by atoms with van der Waals surface area (Å²) < 4.78 is 20.9. The summed E-state index contributed by atoms with van der Waals surface area (Å²) in [6.07, 6.45) is 1.51. The highest BCUT2D eigenvalue weighted by Crippen LogP contribution is 2.32. The van der Waals surface area contributed by atoms with Gasteiger partial charge in [-0.25, -0.2) is 9.37 Å². The van der Waals surface area contributed by atoms with Crippen LogP contribution in [-0.2, 0) is 0 Å². The monoisotopic (exact) mass is 545 g/mol. The van der Waals surface area contributed by atoms with Gasteiger partial charge < -0.3 is 4.74 Å². The number of ether oxygens (including phenoxy) is 1. The quantitative estimate of drug-likeness (QED) is 0.162. The molecule has 0 unspecified atom stereocenters. The molecule has 0 bridgehead atoms. The standard InChI is InChI=1S/C27H17BrFN3O2S/c28-20-10-15-24-25(16-20)35-27(31-24)32(30-17-18-6-11-21(29)12-7-18)26(33)19-8-13-23(14-9-19)34-22-4-2-1-3-5-22/h1-17H/b30-17+. The van der Waals surface area contributed by atoms with Crippen LogP contribution in [0.3, 0.4) is 0 Å². The molecule has 0 radical (unpaired) electrons. The lowest BCUT2D eigenvalue weighted by molar-refractivity contribution is 0.0988. The lowest BCUT2D eigenvalue weighted by atomic mass is 10.2. The van der Waals surface area contributed by atoms with Gasteiger partial charge in [0.25, 0.3) is 5.91 Å². The van der Waals surface area contributed by atoms with Crippen LogP contribution in [0.1, 0.15) is 15.9 Å². The van der Waals surface area contributed by atoms with Gasteiger partial charge in [0.1, 0.15) is 17.3 Å². The SMILES string of the molecule is O=C(c1ccc(Oc2ccccc2)cc1)N(/N=C/c1ccc(F)cc1)c1nc2ccc(Br)cc2s1.